The molecule has 2 rings (SSSR count). The monoisotopic (exact) mass is 252 g/mol. The van der Waals surface area contributed by atoms with Crippen LogP contribution in [0, 0.1) is 0 Å². The largest absolute Gasteiger partial charge is 0.311 e. The van der Waals surface area contributed by atoms with E-state index in [1.807, 2.05) is 0 Å². The first-order valence-corrected chi connectivity index (χ1v) is 8.13. The predicted octanol–water partition coefficient (Wildman–Crippen LogP) is 3.56. The molecule has 0 bridgehead atoms. The van der Waals surface area contributed by atoms with E-state index in [1.54, 1.807) is 0 Å². The van der Waals surface area contributed by atoms with Gasteiger partial charge in [-0.25, -0.2) is 0 Å². The lowest BCUT2D eigenvalue weighted by molar-refractivity contribution is 0.0172. The SMILES string of the molecule is CCCC1CN(C2CCCCCC2)C(C)(C)CN1. The zero-order chi connectivity index (χ0) is 13.0. The van der Waals surface area contributed by atoms with E-state index >= 15 is 0 Å². The Morgan fingerprint density at radius 2 is 1.78 bits per heavy atom. The average molecular weight is 252 g/mol. The maximum absolute atomic E-state index is 3.75. The van der Waals surface area contributed by atoms with E-state index in [1.165, 1.54) is 57.9 Å². The van der Waals surface area contributed by atoms with Crippen LogP contribution in [0.15, 0.2) is 0 Å². The maximum atomic E-state index is 3.75. The molecule has 0 amide bonds. The molecule has 0 spiro atoms. The lowest BCUT2D eigenvalue weighted by Crippen LogP contribution is -2.64. The Morgan fingerprint density at radius 3 is 2.39 bits per heavy atom. The lowest BCUT2D eigenvalue weighted by atomic mass is 9.91. The average Bonchev–Trinajstić information content (AvgIpc) is 2.60. The van der Waals surface area contributed by atoms with Gasteiger partial charge in [-0.3, -0.25) is 4.90 Å². The summed E-state index contributed by atoms with van der Waals surface area (Å²) < 4.78 is 0. The molecule has 1 saturated carbocycles. The smallest absolute Gasteiger partial charge is 0.0281 e. The van der Waals surface area contributed by atoms with Crippen LogP contribution in [0.1, 0.15) is 72.1 Å². The molecule has 0 aromatic carbocycles. The summed E-state index contributed by atoms with van der Waals surface area (Å²) in [6.07, 6.45) is 11.3. The Kier molecular flexibility index (Phi) is 5.08. The van der Waals surface area contributed by atoms with Crippen molar-refractivity contribution in [2.24, 2.45) is 0 Å². The van der Waals surface area contributed by atoms with Crippen molar-refractivity contribution in [2.75, 3.05) is 13.1 Å². The fraction of sp³-hybridized carbons (Fsp3) is 1.00. The summed E-state index contributed by atoms with van der Waals surface area (Å²) in [7, 11) is 0. The first-order valence-electron chi connectivity index (χ1n) is 8.13. The van der Waals surface area contributed by atoms with Crippen molar-refractivity contribution in [3.05, 3.63) is 0 Å². The molecule has 0 aromatic heterocycles. The summed E-state index contributed by atoms with van der Waals surface area (Å²) in [6, 6.07) is 1.58. The molecule has 1 saturated heterocycles. The molecule has 2 heteroatoms. The minimum absolute atomic E-state index is 0.346. The fourth-order valence-electron chi connectivity index (χ4n) is 3.80. The van der Waals surface area contributed by atoms with Crippen LogP contribution in [-0.2, 0) is 0 Å². The zero-order valence-corrected chi connectivity index (χ0v) is 12.7. The summed E-state index contributed by atoms with van der Waals surface area (Å²) in [5, 5.41) is 3.75. The standard InChI is InChI=1S/C16H32N2/c1-4-9-14-12-18(16(2,3)13-17-14)15-10-7-5-6-8-11-15/h14-15,17H,4-13H2,1-3H3. The van der Waals surface area contributed by atoms with Gasteiger partial charge >= 0.3 is 0 Å². The molecule has 106 valence electrons. The van der Waals surface area contributed by atoms with Gasteiger partial charge in [0.15, 0.2) is 0 Å². The van der Waals surface area contributed by atoms with Crippen molar-refractivity contribution >= 4 is 0 Å². The first kappa shape index (κ1) is 14.3. The Labute approximate surface area is 114 Å². The molecular formula is C16H32N2. The van der Waals surface area contributed by atoms with E-state index in [9.17, 15) is 0 Å². The molecule has 1 N–H and O–H groups in total. The molecule has 18 heavy (non-hydrogen) atoms. The van der Waals surface area contributed by atoms with E-state index in [2.05, 4.69) is 31.0 Å². The Morgan fingerprint density at radius 1 is 1.11 bits per heavy atom. The number of hydrogen-bond acceptors (Lipinski definition) is 2. The second kappa shape index (κ2) is 6.38. The molecule has 1 unspecified atom stereocenters. The number of nitrogens with zero attached hydrogens (tertiary/aromatic N) is 1. The van der Waals surface area contributed by atoms with Gasteiger partial charge in [-0.2, -0.15) is 0 Å². The van der Waals surface area contributed by atoms with E-state index < -0.39 is 0 Å². The van der Waals surface area contributed by atoms with Crippen molar-refractivity contribution in [3.8, 4) is 0 Å². The van der Waals surface area contributed by atoms with Crippen molar-refractivity contribution in [3.63, 3.8) is 0 Å². The van der Waals surface area contributed by atoms with Crippen LogP contribution in [0.25, 0.3) is 0 Å². The van der Waals surface area contributed by atoms with Gasteiger partial charge in [0, 0.05) is 30.7 Å². The molecule has 2 aliphatic rings. The van der Waals surface area contributed by atoms with Crippen LogP contribution in [0.3, 0.4) is 0 Å². The van der Waals surface area contributed by atoms with Crippen molar-refractivity contribution < 1.29 is 0 Å². The van der Waals surface area contributed by atoms with Gasteiger partial charge in [0.1, 0.15) is 0 Å². The maximum Gasteiger partial charge on any atom is 0.0281 e. The van der Waals surface area contributed by atoms with E-state index in [0.717, 1.165) is 18.6 Å². The summed E-state index contributed by atoms with van der Waals surface area (Å²) in [5.74, 6) is 0. The highest BCUT2D eigenvalue weighted by Gasteiger charge is 2.37. The highest BCUT2D eigenvalue weighted by molar-refractivity contribution is 4.96. The summed E-state index contributed by atoms with van der Waals surface area (Å²) in [6.45, 7) is 9.58. The van der Waals surface area contributed by atoms with Gasteiger partial charge < -0.3 is 5.32 Å². The van der Waals surface area contributed by atoms with Crippen LogP contribution in [-0.4, -0.2) is 35.6 Å². The predicted molar refractivity (Wildman–Crippen MR) is 79.0 cm³/mol. The summed E-state index contributed by atoms with van der Waals surface area (Å²) >= 11 is 0. The molecule has 2 nitrogen and oxygen atoms in total. The highest BCUT2D eigenvalue weighted by Crippen LogP contribution is 2.30. The van der Waals surface area contributed by atoms with Gasteiger partial charge in [-0.15, -0.1) is 0 Å². The van der Waals surface area contributed by atoms with Crippen LogP contribution in [0.5, 0.6) is 0 Å². The molecular weight excluding hydrogens is 220 g/mol. The molecule has 1 aliphatic heterocycles. The fourth-order valence-corrected chi connectivity index (χ4v) is 3.80. The molecule has 1 aliphatic carbocycles. The number of piperazine rings is 1. The number of rotatable bonds is 3. The third kappa shape index (κ3) is 3.48. The quantitative estimate of drug-likeness (QED) is 0.773. The van der Waals surface area contributed by atoms with Gasteiger partial charge in [0.2, 0.25) is 0 Å². The molecule has 1 heterocycles. The molecule has 1 atom stereocenters. The molecule has 0 aromatic rings. The van der Waals surface area contributed by atoms with Gasteiger partial charge in [-0.1, -0.05) is 39.0 Å². The van der Waals surface area contributed by atoms with Gasteiger partial charge in [0.25, 0.3) is 0 Å². The number of nitrogens with one attached hydrogen (secondary N) is 1. The first-order chi connectivity index (χ1) is 8.63. The van der Waals surface area contributed by atoms with Crippen LogP contribution in [0.2, 0.25) is 0 Å². The minimum atomic E-state index is 0.346. The van der Waals surface area contributed by atoms with E-state index in [-0.39, 0.29) is 0 Å². The highest BCUT2D eigenvalue weighted by atomic mass is 15.3. The molecule has 2 fully saturated rings. The van der Waals surface area contributed by atoms with Crippen LogP contribution < -0.4 is 5.32 Å². The second-order valence-electron chi connectivity index (χ2n) is 6.98. The lowest BCUT2D eigenvalue weighted by Gasteiger charge is -2.50. The Hall–Kier alpha value is -0.0800. The molecule has 0 radical (unpaired) electrons. The van der Waals surface area contributed by atoms with Gasteiger partial charge in [-0.05, 0) is 33.1 Å². The van der Waals surface area contributed by atoms with E-state index in [4.69, 9.17) is 0 Å². The van der Waals surface area contributed by atoms with Crippen molar-refractivity contribution in [2.45, 2.75) is 89.8 Å². The van der Waals surface area contributed by atoms with Crippen LogP contribution in [0.4, 0.5) is 0 Å². The van der Waals surface area contributed by atoms with Crippen molar-refractivity contribution in [1.29, 1.82) is 0 Å². The van der Waals surface area contributed by atoms with E-state index in [0.29, 0.717) is 5.54 Å². The van der Waals surface area contributed by atoms with Gasteiger partial charge in [0.05, 0.1) is 0 Å². The topological polar surface area (TPSA) is 15.3 Å². The third-order valence-electron chi connectivity index (χ3n) is 4.92. The third-order valence-corrected chi connectivity index (χ3v) is 4.92. The second-order valence-corrected chi connectivity index (χ2v) is 6.98. The Bertz CT molecular complexity index is 241. The van der Waals surface area contributed by atoms with Crippen LogP contribution >= 0.6 is 0 Å². The summed E-state index contributed by atoms with van der Waals surface area (Å²) in [5.41, 5.74) is 0.346. The summed E-state index contributed by atoms with van der Waals surface area (Å²) in [4.78, 5) is 2.84. The van der Waals surface area contributed by atoms with Crippen molar-refractivity contribution in [1.82, 2.24) is 10.2 Å². The number of hydrogen-bond donors (Lipinski definition) is 1. The Balaban J connectivity index is 2.00. The minimum Gasteiger partial charge on any atom is -0.311 e. The normalized spacial score (nSPS) is 31.2. The zero-order valence-electron chi connectivity index (χ0n) is 12.7.